The molecule has 0 unspecified atom stereocenters. The molecule has 0 amide bonds. The van der Waals surface area contributed by atoms with E-state index in [-0.39, 0.29) is 15.7 Å². The average molecular weight is 351 g/mol. The number of thiocarbonyl (C=S) groups is 1. The molecule has 1 fully saturated rings. The summed E-state index contributed by atoms with van der Waals surface area (Å²) in [5.74, 6) is 0. The minimum absolute atomic E-state index is 0.0573. The predicted octanol–water partition coefficient (Wildman–Crippen LogP) is 3.24. The number of rotatable bonds is 3. The Kier molecular flexibility index (Phi) is 4.31. The van der Waals surface area contributed by atoms with Crippen LogP contribution >= 0.6 is 23.6 Å². The van der Waals surface area contributed by atoms with Crippen molar-refractivity contribution in [1.82, 2.24) is 4.98 Å². The van der Waals surface area contributed by atoms with Gasteiger partial charge in [-0.15, -0.1) is 0 Å². The number of nitrogens with zero attached hydrogens (tertiary/aromatic N) is 3. The first-order valence-electron chi connectivity index (χ1n) is 7.38. The van der Waals surface area contributed by atoms with Crippen LogP contribution in [0.5, 0.6) is 0 Å². The van der Waals surface area contributed by atoms with Crippen molar-refractivity contribution in [3.05, 3.63) is 22.2 Å². The van der Waals surface area contributed by atoms with Crippen molar-refractivity contribution in [2.24, 2.45) is 5.73 Å². The van der Waals surface area contributed by atoms with Gasteiger partial charge in [-0.05, 0) is 44.5 Å². The van der Waals surface area contributed by atoms with E-state index in [1.165, 1.54) is 17.8 Å². The third kappa shape index (κ3) is 3.06. The molecule has 0 radical (unpaired) electrons. The molecule has 0 saturated carbocycles. The lowest BCUT2D eigenvalue weighted by molar-refractivity contribution is -0.382. The molecule has 0 aliphatic carbocycles. The van der Waals surface area contributed by atoms with Crippen LogP contribution in [-0.2, 0) is 0 Å². The Morgan fingerprint density at radius 2 is 2.35 bits per heavy atom. The molecular weight excluding hydrogens is 334 g/mol. The number of non-ortho nitro benzene ring substituents is 1. The van der Waals surface area contributed by atoms with Gasteiger partial charge in [0, 0.05) is 18.7 Å². The molecule has 1 aromatic heterocycles. The lowest BCUT2D eigenvalue weighted by atomic mass is 10.0. The third-order valence-electron chi connectivity index (χ3n) is 4.04. The lowest BCUT2D eigenvalue weighted by Gasteiger charge is -2.35. The summed E-state index contributed by atoms with van der Waals surface area (Å²) in [5.41, 5.74) is 7.12. The number of nitrogens with one attached hydrogen (secondary N) is 1. The van der Waals surface area contributed by atoms with E-state index >= 15 is 0 Å². The fourth-order valence-electron chi connectivity index (χ4n) is 2.97. The molecule has 1 aromatic carbocycles. The highest BCUT2D eigenvalue weighted by Gasteiger charge is 2.25. The zero-order chi connectivity index (χ0) is 16.6. The first kappa shape index (κ1) is 15.9. The van der Waals surface area contributed by atoms with Gasteiger partial charge in [-0.3, -0.25) is 10.1 Å². The van der Waals surface area contributed by atoms with Crippen LogP contribution < -0.4 is 16.0 Å². The monoisotopic (exact) mass is 351 g/mol. The van der Waals surface area contributed by atoms with Gasteiger partial charge in [-0.2, -0.15) is 0 Å². The van der Waals surface area contributed by atoms with Crippen LogP contribution in [0, 0.1) is 10.1 Å². The van der Waals surface area contributed by atoms with Crippen molar-refractivity contribution in [1.29, 1.82) is 0 Å². The Labute approximate surface area is 142 Å². The molecule has 9 heteroatoms. The number of nitro benzene ring substituents is 1. The highest BCUT2D eigenvalue weighted by molar-refractivity contribution is 7.80. The molecule has 1 saturated heterocycles. The van der Waals surface area contributed by atoms with Gasteiger partial charge in [0.1, 0.15) is 10.2 Å². The van der Waals surface area contributed by atoms with Crippen molar-refractivity contribution in [3.63, 3.8) is 0 Å². The van der Waals surface area contributed by atoms with Crippen LogP contribution in [0.15, 0.2) is 12.1 Å². The maximum atomic E-state index is 11.3. The fraction of sp³-hybridized carbons (Fsp3) is 0.429. The number of thiazole rings is 1. The third-order valence-corrected chi connectivity index (χ3v) is 5.14. The summed E-state index contributed by atoms with van der Waals surface area (Å²) >= 11 is 6.03. The van der Waals surface area contributed by atoms with Gasteiger partial charge in [0.15, 0.2) is 10.2 Å². The zero-order valence-electron chi connectivity index (χ0n) is 12.6. The summed E-state index contributed by atoms with van der Waals surface area (Å²) in [7, 11) is 0. The molecule has 7 nitrogen and oxygen atoms in total. The Balaban J connectivity index is 2.14. The van der Waals surface area contributed by atoms with E-state index in [1.807, 2.05) is 0 Å². The number of fused-ring (bicyclic) bond motifs is 1. The van der Waals surface area contributed by atoms with Gasteiger partial charge < -0.3 is 16.0 Å². The molecule has 3 N–H and O–H groups in total. The molecule has 1 aliphatic heterocycles. The van der Waals surface area contributed by atoms with Gasteiger partial charge in [-0.1, -0.05) is 11.3 Å². The Bertz CT molecular complexity index is 776. The van der Waals surface area contributed by atoms with Gasteiger partial charge in [0.2, 0.25) is 0 Å². The second-order valence-corrected chi connectivity index (χ2v) is 7.02. The van der Waals surface area contributed by atoms with Crippen LogP contribution in [0.3, 0.4) is 0 Å². The molecule has 122 valence electrons. The van der Waals surface area contributed by atoms with E-state index in [4.69, 9.17) is 18.0 Å². The number of benzene rings is 1. The van der Waals surface area contributed by atoms with Crippen molar-refractivity contribution in [2.75, 3.05) is 16.8 Å². The minimum atomic E-state index is -0.380. The van der Waals surface area contributed by atoms with Gasteiger partial charge in [0.25, 0.3) is 5.69 Å². The number of nitro groups is 1. The summed E-state index contributed by atoms with van der Waals surface area (Å²) in [5, 5.41) is 14.7. The first-order chi connectivity index (χ1) is 11.0. The zero-order valence-corrected chi connectivity index (χ0v) is 14.2. The van der Waals surface area contributed by atoms with Crippen LogP contribution in [0.4, 0.5) is 16.5 Å². The molecule has 3 rings (SSSR count). The van der Waals surface area contributed by atoms with Crippen LogP contribution in [0.25, 0.3) is 10.2 Å². The van der Waals surface area contributed by atoms with Crippen LogP contribution in [0.1, 0.15) is 26.2 Å². The average Bonchev–Trinajstić information content (AvgIpc) is 2.89. The number of piperidine rings is 1. The van der Waals surface area contributed by atoms with E-state index < -0.39 is 0 Å². The maximum Gasteiger partial charge on any atom is 0.288 e. The smallest absolute Gasteiger partial charge is 0.288 e. The first-order valence-corrected chi connectivity index (χ1v) is 8.61. The Morgan fingerprint density at radius 3 is 3.00 bits per heavy atom. The quantitative estimate of drug-likeness (QED) is 0.498. The highest BCUT2D eigenvalue weighted by atomic mass is 32.1. The van der Waals surface area contributed by atoms with Gasteiger partial charge in [-0.25, -0.2) is 4.98 Å². The van der Waals surface area contributed by atoms with Gasteiger partial charge >= 0.3 is 0 Å². The normalized spacial score (nSPS) is 18.1. The van der Waals surface area contributed by atoms with Gasteiger partial charge in [0.05, 0.1) is 10.6 Å². The number of hydrogen-bond acceptors (Lipinski definition) is 6. The minimum Gasteiger partial charge on any atom is -0.376 e. The molecular formula is C14H17N5O2S2. The van der Waals surface area contributed by atoms with Crippen molar-refractivity contribution in [2.45, 2.75) is 32.2 Å². The van der Waals surface area contributed by atoms with Crippen LogP contribution in [0.2, 0.25) is 0 Å². The van der Waals surface area contributed by atoms with Crippen molar-refractivity contribution < 1.29 is 4.92 Å². The van der Waals surface area contributed by atoms with E-state index in [9.17, 15) is 10.1 Å². The second kappa shape index (κ2) is 6.25. The summed E-state index contributed by atoms with van der Waals surface area (Å²) in [6.07, 6.45) is 3.44. The summed E-state index contributed by atoms with van der Waals surface area (Å²) in [6, 6.07) is 3.75. The maximum absolute atomic E-state index is 11.3. The number of aromatic nitrogens is 1. The summed E-state index contributed by atoms with van der Waals surface area (Å²) in [4.78, 5) is 17.7. The molecule has 1 aliphatic rings. The predicted molar refractivity (Wildman–Crippen MR) is 97.3 cm³/mol. The standard InChI is InChI=1S/C14H17N5O2S2/c1-8-4-2-3-7-18(8)9-5-6-10(19(20)21)12-11(9)16-14(23-12)17-13(15)22/h5-6,8H,2-4,7H2,1H3,(H3,15,16,17,22)/t8-/m0/s1. The molecule has 0 spiro atoms. The van der Waals surface area contributed by atoms with E-state index in [1.54, 1.807) is 12.1 Å². The molecule has 1 atom stereocenters. The molecule has 2 heterocycles. The van der Waals surface area contributed by atoms with E-state index in [0.29, 0.717) is 21.4 Å². The lowest BCUT2D eigenvalue weighted by Crippen LogP contribution is -2.37. The largest absolute Gasteiger partial charge is 0.376 e. The SMILES string of the molecule is C[C@H]1CCCCN1c1ccc([N+](=O)[O-])c2sc(NC(N)=S)nc12. The molecule has 2 aromatic rings. The van der Waals surface area contributed by atoms with Crippen molar-refractivity contribution in [3.8, 4) is 0 Å². The highest BCUT2D eigenvalue weighted by Crippen LogP contribution is 2.40. The van der Waals surface area contributed by atoms with E-state index in [2.05, 4.69) is 22.1 Å². The number of nitrogens with two attached hydrogens (primary N) is 1. The second-order valence-electron chi connectivity index (χ2n) is 5.59. The van der Waals surface area contributed by atoms with E-state index in [0.717, 1.165) is 25.1 Å². The Morgan fingerprint density at radius 1 is 1.57 bits per heavy atom. The number of hydrogen-bond donors (Lipinski definition) is 2. The summed E-state index contributed by atoms with van der Waals surface area (Å²) in [6.45, 7) is 3.11. The summed E-state index contributed by atoms with van der Waals surface area (Å²) < 4.78 is 0.545. The van der Waals surface area contributed by atoms with Crippen molar-refractivity contribution >= 4 is 55.4 Å². The number of anilines is 2. The topological polar surface area (TPSA) is 97.3 Å². The Hall–Kier alpha value is -2.00. The van der Waals surface area contributed by atoms with Crippen LogP contribution in [-0.4, -0.2) is 27.6 Å². The molecule has 23 heavy (non-hydrogen) atoms. The molecule has 0 bridgehead atoms. The fourth-order valence-corrected chi connectivity index (χ4v) is 4.12.